The van der Waals surface area contributed by atoms with Crippen molar-refractivity contribution in [3.05, 3.63) is 5.82 Å². The zero-order valence-electron chi connectivity index (χ0n) is 11.3. The van der Waals surface area contributed by atoms with Crippen molar-refractivity contribution >= 4 is 16.7 Å². The van der Waals surface area contributed by atoms with Gasteiger partial charge in [0.15, 0.2) is 0 Å². The maximum absolute atomic E-state index is 5.87. The number of nitrogens with zero attached hydrogens (tertiary/aromatic N) is 2. The van der Waals surface area contributed by atoms with Gasteiger partial charge in [-0.25, -0.2) is 4.98 Å². The van der Waals surface area contributed by atoms with Gasteiger partial charge in [-0.1, -0.05) is 27.7 Å². The maximum atomic E-state index is 5.87. The second-order valence-corrected chi connectivity index (χ2v) is 5.63. The van der Waals surface area contributed by atoms with Crippen molar-refractivity contribution < 1.29 is 0 Å². The standard InChI is InChI=1S/C12H24N4S/c1-5-12(6-2,7-13)8-14-11-15-10(9(3)4)16-17-11/h9H,5-8,13H2,1-4H3,(H,14,15,16). The maximum Gasteiger partial charge on any atom is 0.202 e. The van der Waals surface area contributed by atoms with E-state index in [1.54, 1.807) is 0 Å². The molecule has 98 valence electrons. The number of hydrogen-bond acceptors (Lipinski definition) is 5. The van der Waals surface area contributed by atoms with Crippen molar-refractivity contribution in [3.8, 4) is 0 Å². The predicted octanol–water partition coefficient (Wildman–Crippen LogP) is 2.84. The van der Waals surface area contributed by atoms with Crippen LogP contribution in [0.15, 0.2) is 0 Å². The van der Waals surface area contributed by atoms with Crippen LogP contribution in [0, 0.1) is 5.41 Å². The van der Waals surface area contributed by atoms with Crippen molar-refractivity contribution in [2.45, 2.75) is 46.5 Å². The molecule has 0 aliphatic heterocycles. The Morgan fingerprint density at radius 3 is 2.41 bits per heavy atom. The van der Waals surface area contributed by atoms with Crippen LogP contribution >= 0.6 is 11.5 Å². The molecular formula is C12H24N4S. The van der Waals surface area contributed by atoms with E-state index in [1.165, 1.54) is 11.5 Å². The summed E-state index contributed by atoms with van der Waals surface area (Å²) in [5, 5.41) is 4.29. The van der Waals surface area contributed by atoms with Crippen molar-refractivity contribution in [3.63, 3.8) is 0 Å². The van der Waals surface area contributed by atoms with Crippen molar-refractivity contribution in [1.82, 2.24) is 9.36 Å². The van der Waals surface area contributed by atoms with E-state index in [1.807, 2.05) is 0 Å². The van der Waals surface area contributed by atoms with E-state index in [9.17, 15) is 0 Å². The fourth-order valence-corrected chi connectivity index (χ4v) is 2.37. The number of hydrogen-bond donors (Lipinski definition) is 2. The average molecular weight is 256 g/mol. The van der Waals surface area contributed by atoms with E-state index in [2.05, 4.69) is 42.4 Å². The summed E-state index contributed by atoms with van der Waals surface area (Å²) < 4.78 is 4.33. The Bertz CT molecular complexity index is 323. The summed E-state index contributed by atoms with van der Waals surface area (Å²) in [5.41, 5.74) is 6.06. The summed E-state index contributed by atoms with van der Waals surface area (Å²) in [6, 6.07) is 0. The summed E-state index contributed by atoms with van der Waals surface area (Å²) in [5.74, 6) is 1.31. The third-order valence-electron chi connectivity index (χ3n) is 3.51. The number of aromatic nitrogens is 2. The molecule has 1 heterocycles. The van der Waals surface area contributed by atoms with Gasteiger partial charge in [0.2, 0.25) is 5.13 Å². The van der Waals surface area contributed by atoms with Gasteiger partial charge in [0.1, 0.15) is 5.82 Å². The van der Waals surface area contributed by atoms with Crippen LogP contribution in [0.1, 0.15) is 52.3 Å². The molecule has 0 aromatic carbocycles. The molecule has 3 N–H and O–H groups in total. The molecular weight excluding hydrogens is 232 g/mol. The first-order valence-electron chi connectivity index (χ1n) is 6.34. The van der Waals surface area contributed by atoms with Crippen LogP contribution in [0.25, 0.3) is 0 Å². The average Bonchev–Trinajstić information content (AvgIpc) is 2.81. The Labute approximate surface area is 108 Å². The molecule has 0 spiro atoms. The summed E-state index contributed by atoms with van der Waals surface area (Å²) >= 11 is 1.44. The molecule has 0 atom stereocenters. The molecule has 0 saturated carbocycles. The van der Waals surface area contributed by atoms with Gasteiger partial charge >= 0.3 is 0 Å². The molecule has 4 nitrogen and oxygen atoms in total. The minimum Gasteiger partial charge on any atom is -0.360 e. The first-order valence-corrected chi connectivity index (χ1v) is 7.11. The number of rotatable bonds is 7. The highest BCUT2D eigenvalue weighted by molar-refractivity contribution is 7.09. The molecule has 17 heavy (non-hydrogen) atoms. The van der Waals surface area contributed by atoms with Gasteiger partial charge in [-0.05, 0) is 24.8 Å². The van der Waals surface area contributed by atoms with Crippen molar-refractivity contribution in [2.75, 3.05) is 18.4 Å². The van der Waals surface area contributed by atoms with Crippen molar-refractivity contribution in [1.29, 1.82) is 0 Å². The van der Waals surface area contributed by atoms with Gasteiger partial charge < -0.3 is 11.1 Å². The van der Waals surface area contributed by atoms with Crippen LogP contribution in [0.4, 0.5) is 5.13 Å². The van der Waals surface area contributed by atoms with Crippen LogP contribution in [0.2, 0.25) is 0 Å². The van der Waals surface area contributed by atoms with E-state index >= 15 is 0 Å². The minimum atomic E-state index is 0.184. The van der Waals surface area contributed by atoms with E-state index in [-0.39, 0.29) is 5.41 Å². The number of nitrogens with two attached hydrogens (primary N) is 1. The fourth-order valence-electron chi connectivity index (χ4n) is 1.67. The summed E-state index contributed by atoms with van der Waals surface area (Å²) in [7, 11) is 0. The lowest BCUT2D eigenvalue weighted by Crippen LogP contribution is -2.36. The van der Waals surface area contributed by atoms with Crippen LogP contribution in [-0.2, 0) is 0 Å². The first-order chi connectivity index (χ1) is 8.06. The van der Waals surface area contributed by atoms with Gasteiger partial charge in [-0.2, -0.15) is 4.37 Å². The number of nitrogens with one attached hydrogen (secondary N) is 1. The highest BCUT2D eigenvalue weighted by Gasteiger charge is 2.24. The zero-order chi connectivity index (χ0) is 12.9. The normalized spacial score (nSPS) is 12.1. The Morgan fingerprint density at radius 1 is 1.35 bits per heavy atom. The quantitative estimate of drug-likeness (QED) is 0.787. The molecule has 0 radical (unpaired) electrons. The molecule has 1 rings (SSSR count). The lowest BCUT2D eigenvalue weighted by Gasteiger charge is -2.30. The molecule has 0 unspecified atom stereocenters. The fraction of sp³-hybridized carbons (Fsp3) is 0.833. The van der Waals surface area contributed by atoms with Crippen LogP contribution in [-0.4, -0.2) is 22.4 Å². The number of anilines is 1. The molecule has 1 aromatic rings. The molecule has 0 bridgehead atoms. The molecule has 5 heteroatoms. The summed E-state index contributed by atoms with van der Waals surface area (Å²) in [4.78, 5) is 4.47. The Morgan fingerprint density at radius 2 is 2.00 bits per heavy atom. The lowest BCUT2D eigenvalue weighted by atomic mass is 9.82. The summed E-state index contributed by atoms with van der Waals surface area (Å²) in [6.07, 6.45) is 2.17. The molecule has 1 aromatic heterocycles. The first kappa shape index (κ1) is 14.4. The van der Waals surface area contributed by atoms with E-state index in [0.29, 0.717) is 12.5 Å². The largest absolute Gasteiger partial charge is 0.360 e. The minimum absolute atomic E-state index is 0.184. The molecule has 0 fully saturated rings. The van der Waals surface area contributed by atoms with E-state index in [4.69, 9.17) is 5.73 Å². The second-order valence-electron chi connectivity index (χ2n) is 4.88. The van der Waals surface area contributed by atoms with Crippen LogP contribution in [0.5, 0.6) is 0 Å². The molecule has 0 amide bonds. The summed E-state index contributed by atoms with van der Waals surface area (Å²) in [6.45, 7) is 10.2. The van der Waals surface area contributed by atoms with Gasteiger partial charge in [0, 0.05) is 24.0 Å². The van der Waals surface area contributed by atoms with Crippen LogP contribution in [0.3, 0.4) is 0 Å². The molecule has 0 aliphatic carbocycles. The zero-order valence-corrected chi connectivity index (χ0v) is 12.1. The Hall–Kier alpha value is -0.680. The second kappa shape index (κ2) is 6.31. The van der Waals surface area contributed by atoms with Crippen molar-refractivity contribution in [2.24, 2.45) is 11.1 Å². The molecule has 0 aliphatic rings. The third kappa shape index (κ3) is 3.64. The Kier molecular flexibility index (Phi) is 5.33. The van der Waals surface area contributed by atoms with Gasteiger partial charge in [-0.15, -0.1) is 0 Å². The third-order valence-corrected chi connectivity index (χ3v) is 4.19. The SMILES string of the molecule is CCC(CC)(CN)CNc1nc(C(C)C)ns1. The van der Waals surface area contributed by atoms with Gasteiger partial charge in [0.25, 0.3) is 0 Å². The Balaban J connectivity index is 2.59. The predicted molar refractivity (Wildman–Crippen MR) is 74.6 cm³/mol. The monoisotopic (exact) mass is 256 g/mol. The molecule has 0 saturated heterocycles. The lowest BCUT2D eigenvalue weighted by molar-refractivity contribution is 0.294. The van der Waals surface area contributed by atoms with Gasteiger partial charge in [0.05, 0.1) is 0 Å². The smallest absolute Gasteiger partial charge is 0.202 e. The van der Waals surface area contributed by atoms with E-state index < -0.39 is 0 Å². The topological polar surface area (TPSA) is 63.8 Å². The van der Waals surface area contributed by atoms with Gasteiger partial charge in [-0.3, -0.25) is 0 Å². The highest BCUT2D eigenvalue weighted by atomic mass is 32.1. The van der Waals surface area contributed by atoms with Crippen LogP contribution < -0.4 is 11.1 Å². The van der Waals surface area contributed by atoms with E-state index in [0.717, 1.165) is 30.3 Å². The highest BCUT2D eigenvalue weighted by Crippen LogP contribution is 2.26.